The van der Waals surface area contributed by atoms with Crippen LogP contribution in [0.15, 0.2) is 17.5 Å². The van der Waals surface area contributed by atoms with Crippen molar-refractivity contribution >= 4 is 11.3 Å². The number of nitrogens with one attached hydrogen (secondary N) is 1. The van der Waals surface area contributed by atoms with Crippen LogP contribution in [0.2, 0.25) is 0 Å². The second-order valence-electron chi connectivity index (χ2n) is 5.31. The van der Waals surface area contributed by atoms with E-state index in [1.54, 1.807) is 0 Å². The van der Waals surface area contributed by atoms with Crippen LogP contribution in [-0.4, -0.2) is 29.6 Å². The first kappa shape index (κ1) is 12.1. The standard InChI is InChI=1S/C13H22N2S/c1-4-11-8-14-13(2,3)10-15(11)9-12-6-5-7-16-12/h5-7,11,14H,4,8-10H2,1-3H3. The third-order valence-corrected chi connectivity index (χ3v) is 4.20. The van der Waals surface area contributed by atoms with Crippen LogP contribution in [0.1, 0.15) is 32.1 Å². The van der Waals surface area contributed by atoms with Crippen LogP contribution in [-0.2, 0) is 6.54 Å². The molecule has 1 atom stereocenters. The fourth-order valence-corrected chi connectivity index (χ4v) is 3.14. The van der Waals surface area contributed by atoms with E-state index >= 15 is 0 Å². The minimum Gasteiger partial charge on any atom is -0.309 e. The van der Waals surface area contributed by atoms with E-state index < -0.39 is 0 Å². The molecule has 2 rings (SSSR count). The van der Waals surface area contributed by atoms with Gasteiger partial charge in [-0.3, -0.25) is 4.90 Å². The van der Waals surface area contributed by atoms with E-state index in [2.05, 4.69) is 48.5 Å². The summed E-state index contributed by atoms with van der Waals surface area (Å²) in [6.45, 7) is 10.2. The van der Waals surface area contributed by atoms with E-state index in [0.717, 1.165) is 19.6 Å². The summed E-state index contributed by atoms with van der Waals surface area (Å²) >= 11 is 1.87. The molecule has 0 amide bonds. The highest BCUT2D eigenvalue weighted by Crippen LogP contribution is 2.21. The Morgan fingerprint density at radius 3 is 3.00 bits per heavy atom. The second-order valence-corrected chi connectivity index (χ2v) is 6.34. The molecule has 16 heavy (non-hydrogen) atoms. The van der Waals surface area contributed by atoms with Crippen molar-refractivity contribution in [1.82, 2.24) is 10.2 Å². The molecule has 90 valence electrons. The first-order valence-corrected chi connectivity index (χ1v) is 7.00. The largest absolute Gasteiger partial charge is 0.309 e. The zero-order valence-corrected chi connectivity index (χ0v) is 11.3. The monoisotopic (exact) mass is 238 g/mol. The zero-order valence-electron chi connectivity index (χ0n) is 10.5. The molecule has 0 radical (unpaired) electrons. The molecule has 1 aromatic rings. The van der Waals surface area contributed by atoms with Gasteiger partial charge in [-0.15, -0.1) is 11.3 Å². The van der Waals surface area contributed by atoms with Gasteiger partial charge in [0.05, 0.1) is 0 Å². The molecule has 1 fully saturated rings. The van der Waals surface area contributed by atoms with Gasteiger partial charge < -0.3 is 5.32 Å². The first-order valence-electron chi connectivity index (χ1n) is 6.12. The lowest BCUT2D eigenvalue weighted by Gasteiger charge is -2.44. The molecule has 0 aliphatic carbocycles. The summed E-state index contributed by atoms with van der Waals surface area (Å²) in [5.74, 6) is 0. The van der Waals surface area contributed by atoms with E-state index in [1.807, 2.05) is 11.3 Å². The number of rotatable bonds is 3. The molecule has 1 unspecified atom stereocenters. The van der Waals surface area contributed by atoms with Gasteiger partial charge in [0.25, 0.3) is 0 Å². The highest BCUT2D eigenvalue weighted by molar-refractivity contribution is 7.09. The first-order chi connectivity index (χ1) is 7.61. The molecule has 0 bridgehead atoms. The van der Waals surface area contributed by atoms with Crippen molar-refractivity contribution in [3.8, 4) is 0 Å². The normalized spacial score (nSPS) is 25.8. The van der Waals surface area contributed by atoms with Gasteiger partial charge in [0.15, 0.2) is 0 Å². The molecule has 1 aromatic heterocycles. The SMILES string of the molecule is CCC1CNC(C)(C)CN1Cc1cccs1. The predicted molar refractivity (Wildman–Crippen MR) is 70.9 cm³/mol. The number of nitrogens with zero attached hydrogens (tertiary/aromatic N) is 1. The number of hydrogen-bond donors (Lipinski definition) is 1. The minimum absolute atomic E-state index is 0.253. The van der Waals surface area contributed by atoms with E-state index in [4.69, 9.17) is 0 Å². The molecule has 1 aliphatic heterocycles. The third kappa shape index (κ3) is 2.84. The van der Waals surface area contributed by atoms with Crippen molar-refractivity contribution < 1.29 is 0 Å². The van der Waals surface area contributed by atoms with E-state index in [-0.39, 0.29) is 5.54 Å². The molecular weight excluding hydrogens is 216 g/mol. The van der Waals surface area contributed by atoms with Crippen LogP contribution >= 0.6 is 11.3 Å². The molecule has 1 aliphatic rings. The average molecular weight is 238 g/mol. The zero-order chi connectivity index (χ0) is 11.6. The summed E-state index contributed by atoms with van der Waals surface area (Å²) in [6, 6.07) is 5.08. The number of thiophene rings is 1. The van der Waals surface area contributed by atoms with Gasteiger partial charge in [-0.2, -0.15) is 0 Å². The third-order valence-electron chi connectivity index (χ3n) is 3.34. The molecule has 0 aromatic carbocycles. The summed E-state index contributed by atoms with van der Waals surface area (Å²) < 4.78 is 0. The molecule has 2 heterocycles. The fourth-order valence-electron chi connectivity index (χ4n) is 2.41. The van der Waals surface area contributed by atoms with Crippen LogP contribution in [0.5, 0.6) is 0 Å². The summed E-state index contributed by atoms with van der Waals surface area (Å²) in [4.78, 5) is 4.11. The Kier molecular flexibility index (Phi) is 3.67. The van der Waals surface area contributed by atoms with Crippen molar-refractivity contribution in [1.29, 1.82) is 0 Å². The van der Waals surface area contributed by atoms with E-state index in [1.165, 1.54) is 11.3 Å². The Labute approximate surface area is 103 Å². The molecule has 0 spiro atoms. The van der Waals surface area contributed by atoms with Crippen LogP contribution in [0, 0.1) is 0 Å². The molecule has 1 saturated heterocycles. The summed E-state index contributed by atoms with van der Waals surface area (Å²) in [7, 11) is 0. The van der Waals surface area contributed by atoms with Gasteiger partial charge in [0, 0.05) is 36.1 Å². The number of hydrogen-bond acceptors (Lipinski definition) is 3. The van der Waals surface area contributed by atoms with Gasteiger partial charge in [-0.1, -0.05) is 13.0 Å². The lowest BCUT2D eigenvalue weighted by Crippen LogP contribution is -2.60. The number of piperazine rings is 1. The maximum absolute atomic E-state index is 3.63. The van der Waals surface area contributed by atoms with Crippen molar-refractivity contribution in [3.63, 3.8) is 0 Å². The van der Waals surface area contributed by atoms with Crippen LogP contribution in [0.4, 0.5) is 0 Å². The van der Waals surface area contributed by atoms with Gasteiger partial charge >= 0.3 is 0 Å². The minimum atomic E-state index is 0.253. The topological polar surface area (TPSA) is 15.3 Å². The highest BCUT2D eigenvalue weighted by atomic mass is 32.1. The fraction of sp³-hybridized carbons (Fsp3) is 0.692. The smallest absolute Gasteiger partial charge is 0.0332 e. The van der Waals surface area contributed by atoms with Crippen molar-refractivity contribution in [2.45, 2.75) is 45.3 Å². The maximum atomic E-state index is 3.63. The quantitative estimate of drug-likeness (QED) is 0.871. The Morgan fingerprint density at radius 2 is 2.38 bits per heavy atom. The molecule has 2 nitrogen and oxygen atoms in total. The summed E-state index contributed by atoms with van der Waals surface area (Å²) in [5.41, 5.74) is 0.253. The van der Waals surface area contributed by atoms with Gasteiger partial charge in [0.1, 0.15) is 0 Å². The van der Waals surface area contributed by atoms with E-state index in [9.17, 15) is 0 Å². The molecule has 3 heteroatoms. The highest BCUT2D eigenvalue weighted by Gasteiger charge is 2.31. The van der Waals surface area contributed by atoms with Gasteiger partial charge in [0.2, 0.25) is 0 Å². The average Bonchev–Trinajstić information content (AvgIpc) is 2.70. The van der Waals surface area contributed by atoms with Crippen LogP contribution in [0.3, 0.4) is 0 Å². The summed E-state index contributed by atoms with van der Waals surface area (Å²) in [5, 5.41) is 5.80. The van der Waals surface area contributed by atoms with Crippen molar-refractivity contribution in [3.05, 3.63) is 22.4 Å². The molecular formula is C13H22N2S. The van der Waals surface area contributed by atoms with Crippen LogP contribution in [0.25, 0.3) is 0 Å². The van der Waals surface area contributed by atoms with E-state index in [0.29, 0.717) is 6.04 Å². The summed E-state index contributed by atoms with van der Waals surface area (Å²) in [6.07, 6.45) is 1.23. The Morgan fingerprint density at radius 1 is 1.56 bits per heavy atom. The lowest BCUT2D eigenvalue weighted by molar-refractivity contribution is 0.0868. The molecule has 1 N–H and O–H groups in total. The Hall–Kier alpha value is -0.380. The lowest BCUT2D eigenvalue weighted by atomic mass is 9.97. The Bertz CT molecular complexity index is 319. The van der Waals surface area contributed by atoms with Crippen LogP contribution < -0.4 is 5.32 Å². The van der Waals surface area contributed by atoms with Crippen molar-refractivity contribution in [2.24, 2.45) is 0 Å². The van der Waals surface area contributed by atoms with Gasteiger partial charge in [-0.25, -0.2) is 0 Å². The van der Waals surface area contributed by atoms with Gasteiger partial charge in [-0.05, 0) is 31.7 Å². The van der Waals surface area contributed by atoms with Crippen molar-refractivity contribution in [2.75, 3.05) is 13.1 Å². The molecule has 0 saturated carbocycles. The Balaban J connectivity index is 2.03. The maximum Gasteiger partial charge on any atom is 0.0332 e. The predicted octanol–water partition coefficient (Wildman–Crippen LogP) is 2.71. The second kappa shape index (κ2) is 4.86.